The van der Waals surface area contributed by atoms with Crippen LogP contribution in [0.5, 0.6) is 0 Å². The highest BCUT2D eigenvalue weighted by Gasteiger charge is 2.66. The van der Waals surface area contributed by atoms with E-state index in [1.54, 1.807) is 13.0 Å². The summed E-state index contributed by atoms with van der Waals surface area (Å²) in [5.74, 6) is 0.716. The second-order valence-electron chi connectivity index (χ2n) is 5.81. The quantitative estimate of drug-likeness (QED) is 0.533. The zero-order valence-corrected chi connectivity index (χ0v) is 13.8. The smallest absolute Gasteiger partial charge is 0.239 e. The molecule has 7 heteroatoms. The normalized spacial score (nSPS) is 42.6. The maximum Gasteiger partial charge on any atom is 0.239 e. The largest absolute Gasteiger partial charge is 0.360 e. The summed E-state index contributed by atoms with van der Waals surface area (Å²) >= 11 is 7.32. The molecule has 6 atom stereocenters. The minimum absolute atomic E-state index is 0.121. The second-order valence-corrected chi connectivity index (χ2v) is 7.93. The van der Waals surface area contributed by atoms with Crippen LogP contribution in [0.1, 0.15) is 12.2 Å². The molecule has 3 aliphatic rings. The number of anilines is 1. The van der Waals surface area contributed by atoms with Gasteiger partial charge in [-0.1, -0.05) is 37.0 Å². The fourth-order valence-corrected chi connectivity index (χ4v) is 5.91. The highest BCUT2D eigenvalue weighted by atomic mass is 79.9. The second kappa shape index (κ2) is 4.16. The fourth-order valence-electron chi connectivity index (χ4n) is 4.03. The van der Waals surface area contributed by atoms with Crippen molar-refractivity contribution >= 4 is 49.5 Å². The first-order valence-electron chi connectivity index (χ1n) is 6.60. The van der Waals surface area contributed by atoms with Crippen LogP contribution in [0.2, 0.25) is 0 Å². The van der Waals surface area contributed by atoms with E-state index in [0.717, 1.165) is 6.42 Å². The van der Waals surface area contributed by atoms with Crippen LogP contribution in [-0.2, 0) is 9.59 Å². The Bertz CT molecular complexity index is 585. The summed E-state index contributed by atoms with van der Waals surface area (Å²) in [5, 5.41) is 3.82. The number of carbonyl (C=O) groups excluding carboxylic acids is 2. The summed E-state index contributed by atoms with van der Waals surface area (Å²) in [6.07, 6.45) is 0.935. The van der Waals surface area contributed by atoms with E-state index in [1.165, 1.54) is 4.90 Å². The lowest BCUT2D eigenvalue weighted by Crippen LogP contribution is -2.37. The molecular formula is C13H12Br2N2O3. The van der Waals surface area contributed by atoms with E-state index in [0.29, 0.717) is 11.6 Å². The molecule has 20 heavy (non-hydrogen) atoms. The zero-order valence-electron chi connectivity index (χ0n) is 10.6. The van der Waals surface area contributed by atoms with E-state index in [9.17, 15) is 9.59 Å². The maximum atomic E-state index is 12.6. The Kier molecular flexibility index (Phi) is 2.71. The van der Waals surface area contributed by atoms with E-state index in [4.69, 9.17) is 4.52 Å². The summed E-state index contributed by atoms with van der Waals surface area (Å²) in [7, 11) is 0. The summed E-state index contributed by atoms with van der Waals surface area (Å²) in [6.45, 7) is 1.75. The lowest BCUT2D eigenvalue weighted by Gasteiger charge is -2.28. The number of aromatic nitrogens is 1. The van der Waals surface area contributed by atoms with Gasteiger partial charge in [0.05, 0.1) is 11.8 Å². The molecule has 3 fully saturated rings. The highest BCUT2D eigenvalue weighted by molar-refractivity contribution is 9.12. The summed E-state index contributed by atoms with van der Waals surface area (Å²) < 4.78 is 4.99. The first-order valence-corrected chi connectivity index (χ1v) is 8.43. The molecule has 2 bridgehead atoms. The molecule has 2 heterocycles. The number of fused-ring (bicyclic) bond motifs is 5. The minimum Gasteiger partial charge on any atom is -0.360 e. The molecule has 4 rings (SSSR count). The van der Waals surface area contributed by atoms with Gasteiger partial charge in [-0.25, -0.2) is 4.90 Å². The Hall–Kier alpha value is -0.690. The van der Waals surface area contributed by atoms with Crippen LogP contribution in [0.3, 0.4) is 0 Å². The number of alkyl halides is 2. The summed E-state index contributed by atoms with van der Waals surface area (Å²) in [4.78, 5) is 27.0. The Labute approximate surface area is 132 Å². The van der Waals surface area contributed by atoms with Crippen molar-refractivity contribution in [2.45, 2.75) is 23.0 Å². The number of nitrogens with zero attached hydrogens (tertiary/aromatic N) is 2. The number of hydrogen-bond acceptors (Lipinski definition) is 4. The predicted molar refractivity (Wildman–Crippen MR) is 77.7 cm³/mol. The Balaban J connectivity index is 1.74. The summed E-state index contributed by atoms with van der Waals surface area (Å²) in [5.41, 5.74) is 0. The van der Waals surface area contributed by atoms with Crippen molar-refractivity contribution in [3.05, 3.63) is 11.8 Å². The molecule has 106 valence electrons. The lowest BCUT2D eigenvalue weighted by molar-refractivity contribution is -0.123. The number of rotatable bonds is 1. The van der Waals surface area contributed by atoms with Crippen molar-refractivity contribution in [3.63, 3.8) is 0 Å². The van der Waals surface area contributed by atoms with Gasteiger partial charge in [-0.2, -0.15) is 0 Å². The molecule has 2 saturated carbocycles. The first-order chi connectivity index (χ1) is 9.50. The van der Waals surface area contributed by atoms with Crippen LogP contribution in [0.15, 0.2) is 10.6 Å². The van der Waals surface area contributed by atoms with Crippen molar-refractivity contribution in [2.24, 2.45) is 23.7 Å². The molecule has 1 aromatic rings. The monoisotopic (exact) mass is 402 g/mol. The SMILES string of the molecule is Cc1cc(N2C(=O)[C@@H]3[C@H]4C[C@H]([C@@H](Br)[C@H]4Br)[C@@H]3C2=O)no1. The van der Waals surface area contributed by atoms with Gasteiger partial charge in [0, 0.05) is 15.7 Å². The molecule has 2 aliphatic carbocycles. The van der Waals surface area contributed by atoms with Crippen molar-refractivity contribution in [1.82, 2.24) is 5.16 Å². The Morgan fingerprint density at radius 1 is 1.20 bits per heavy atom. The molecule has 0 N–H and O–H groups in total. The minimum atomic E-state index is -0.206. The Morgan fingerprint density at radius 2 is 1.75 bits per heavy atom. The number of amides is 2. The van der Waals surface area contributed by atoms with Crippen molar-refractivity contribution in [1.29, 1.82) is 0 Å². The predicted octanol–water partition coefficient (Wildman–Crippen LogP) is 2.27. The number of aryl methyl sites for hydroxylation is 1. The zero-order chi connectivity index (χ0) is 14.2. The van der Waals surface area contributed by atoms with Crippen LogP contribution in [0.25, 0.3) is 0 Å². The number of halogens is 2. The molecule has 2 amide bonds. The van der Waals surface area contributed by atoms with Crippen LogP contribution >= 0.6 is 31.9 Å². The van der Waals surface area contributed by atoms with Gasteiger partial charge in [-0.05, 0) is 25.2 Å². The highest BCUT2D eigenvalue weighted by Crippen LogP contribution is 2.60. The molecule has 1 aromatic heterocycles. The lowest BCUT2D eigenvalue weighted by atomic mass is 9.81. The van der Waals surface area contributed by atoms with E-state index in [1.807, 2.05) is 0 Å². The van der Waals surface area contributed by atoms with Crippen molar-refractivity contribution in [2.75, 3.05) is 4.90 Å². The van der Waals surface area contributed by atoms with Crippen molar-refractivity contribution < 1.29 is 14.1 Å². The van der Waals surface area contributed by atoms with E-state index in [2.05, 4.69) is 37.0 Å². The average Bonchev–Trinajstić information content (AvgIpc) is 3.10. The molecule has 1 aliphatic heterocycles. The maximum absolute atomic E-state index is 12.6. The number of imide groups is 1. The van der Waals surface area contributed by atoms with Crippen LogP contribution in [0, 0.1) is 30.6 Å². The van der Waals surface area contributed by atoms with Gasteiger partial charge < -0.3 is 4.52 Å². The molecule has 0 aromatic carbocycles. The molecule has 1 saturated heterocycles. The van der Waals surface area contributed by atoms with Gasteiger partial charge in [-0.3, -0.25) is 9.59 Å². The van der Waals surface area contributed by atoms with Gasteiger partial charge in [-0.15, -0.1) is 0 Å². The molecule has 5 nitrogen and oxygen atoms in total. The van der Waals surface area contributed by atoms with Crippen LogP contribution < -0.4 is 4.90 Å². The molecule has 0 radical (unpaired) electrons. The third kappa shape index (κ3) is 1.45. The molecule has 0 spiro atoms. The van der Waals surface area contributed by atoms with Gasteiger partial charge in [0.1, 0.15) is 5.76 Å². The van der Waals surface area contributed by atoms with Gasteiger partial charge >= 0.3 is 0 Å². The molecular weight excluding hydrogens is 392 g/mol. The fraction of sp³-hybridized carbons (Fsp3) is 0.615. The van der Waals surface area contributed by atoms with Gasteiger partial charge in [0.25, 0.3) is 0 Å². The standard InChI is InChI=1S/C13H12Br2N2O3/c1-4-2-7(16-20-4)17-12(18)8-5-3-6(9(8)13(17)19)11(15)10(5)14/h2,5-6,8-11H,3H2,1H3/t5-,6+,8-,9+,10+,11-. The van der Waals surface area contributed by atoms with E-state index >= 15 is 0 Å². The summed E-state index contributed by atoms with van der Waals surface area (Å²) in [6, 6.07) is 1.63. The van der Waals surface area contributed by atoms with Crippen LogP contribution in [0.4, 0.5) is 5.82 Å². The van der Waals surface area contributed by atoms with E-state index in [-0.39, 0.29) is 45.1 Å². The third-order valence-corrected chi connectivity index (χ3v) is 8.04. The molecule has 0 unspecified atom stereocenters. The topological polar surface area (TPSA) is 63.4 Å². The number of carbonyl (C=O) groups is 2. The average molecular weight is 404 g/mol. The first kappa shape index (κ1) is 13.0. The van der Waals surface area contributed by atoms with Gasteiger partial charge in [0.15, 0.2) is 5.82 Å². The number of hydrogen-bond donors (Lipinski definition) is 0. The third-order valence-electron chi connectivity index (χ3n) is 4.83. The van der Waals surface area contributed by atoms with Gasteiger partial charge in [0.2, 0.25) is 11.8 Å². The van der Waals surface area contributed by atoms with Crippen molar-refractivity contribution in [3.8, 4) is 0 Å². The van der Waals surface area contributed by atoms with Crippen LogP contribution in [-0.4, -0.2) is 26.6 Å². The Morgan fingerprint density at radius 3 is 2.20 bits per heavy atom. The van der Waals surface area contributed by atoms with E-state index < -0.39 is 0 Å².